The Morgan fingerprint density at radius 3 is 2.19 bits per heavy atom. The second-order valence-electron chi connectivity index (χ2n) is 5.31. The lowest BCUT2D eigenvalue weighted by molar-refractivity contribution is 0.398. The lowest BCUT2D eigenvalue weighted by atomic mass is 9.89. The van der Waals surface area contributed by atoms with Crippen LogP contribution < -0.4 is 10.5 Å². The molecule has 1 aromatic rings. The second-order valence-corrected chi connectivity index (χ2v) is 5.31. The minimum atomic E-state index is -0.209. The number of rotatable bonds is 3. The van der Waals surface area contributed by atoms with E-state index in [1.807, 2.05) is 13.8 Å². The van der Waals surface area contributed by atoms with Crippen LogP contribution in [-0.2, 0) is 6.42 Å². The highest BCUT2D eigenvalue weighted by atomic mass is 16.5. The van der Waals surface area contributed by atoms with Crippen molar-refractivity contribution in [1.29, 1.82) is 0 Å². The van der Waals surface area contributed by atoms with Gasteiger partial charge in [-0.05, 0) is 63.3 Å². The maximum Gasteiger partial charge on any atom is 0.125 e. The summed E-state index contributed by atoms with van der Waals surface area (Å²) in [7, 11) is 1.73. The van der Waals surface area contributed by atoms with Crippen LogP contribution >= 0.6 is 0 Å². The third-order valence-electron chi connectivity index (χ3n) is 2.95. The first-order valence-electron chi connectivity index (χ1n) is 5.69. The van der Waals surface area contributed by atoms with Gasteiger partial charge in [0.2, 0.25) is 0 Å². The first kappa shape index (κ1) is 13.0. The number of hydrogen-bond acceptors (Lipinski definition) is 2. The normalized spacial score (nSPS) is 11.7. The molecule has 0 radical (unpaired) electrons. The zero-order valence-corrected chi connectivity index (χ0v) is 11.3. The van der Waals surface area contributed by atoms with E-state index >= 15 is 0 Å². The molecule has 0 saturated carbocycles. The topological polar surface area (TPSA) is 35.2 Å². The van der Waals surface area contributed by atoms with Gasteiger partial charge in [-0.1, -0.05) is 6.07 Å². The van der Waals surface area contributed by atoms with E-state index in [2.05, 4.69) is 26.8 Å². The molecule has 0 saturated heterocycles. The molecule has 0 heterocycles. The summed E-state index contributed by atoms with van der Waals surface area (Å²) >= 11 is 0. The molecular weight excluding hydrogens is 198 g/mol. The van der Waals surface area contributed by atoms with E-state index in [-0.39, 0.29) is 5.54 Å². The van der Waals surface area contributed by atoms with Gasteiger partial charge in [-0.25, -0.2) is 0 Å². The van der Waals surface area contributed by atoms with Crippen LogP contribution in [0.3, 0.4) is 0 Å². The summed E-state index contributed by atoms with van der Waals surface area (Å²) in [6.07, 6.45) is 0.836. The number of aryl methyl sites for hydroxylation is 2. The Balaban J connectivity index is 3.32. The summed E-state index contributed by atoms with van der Waals surface area (Å²) in [5.41, 5.74) is 10.9. The molecule has 90 valence electrons. The Morgan fingerprint density at radius 2 is 1.75 bits per heavy atom. The SMILES string of the molecule is COc1c(C)c(C)cc(C)c1CC(C)(C)N. The zero-order valence-electron chi connectivity index (χ0n) is 11.3. The smallest absolute Gasteiger partial charge is 0.125 e. The van der Waals surface area contributed by atoms with Crippen molar-refractivity contribution >= 4 is 0 Å². The van der Waals surface area contributed by atoms with Crippen LogP contribution in [-0.4, -0.2) is 12.6 Å². The Morgan fingerprint density at radius 1 is 1.19 bits per heavy atom. The molecule has 0 amide bonds. The fraction of sp³-hybridized carbons (Fsp3) is 0.571. The van der Waals surface area contributed by atoms with E-state index in [4.69, 9.17) is 10.5 Å². The average Bonchev–Trinajstić information content (AvgIpc) is 2.13. The molecule has 0 aromatic heterocycles. The molecule has 0 aliphatic heterocycles. The molecule has 0 bridgehead atoms. The van der Waals surface area contributed by atoms with E-state index < -0.39 is 0 Å². The summed E-state index contributed by atoms with van der Waals surface area (Å²) in [5.74, 6) is 0.996. The van der Waals surface area contributed by atoms with Gasteiger partial charge in [-0.15, -0.1) is 0 Å². The van der Waals surface area contributed by atoms with E-state index in [9.17, 15) is 0 Å². The first-order chi connectivity index (χ1) is 7.26. The highest BCUT2D eigenvalue weighted by Gasteiger charge is 2.19. The van der Waals surface area contributed by atoms with Gasteiger partial charge >= 0.3 is 0 Å². The molecule has 1 rings (SSSR count). The van der Waals surface area contributed by atoms with Gasteiger partial charge in [-0.2, -0.15) is 0 Å². The summed E-state index contributed by atoms with van der Waals surface area (Å²) in [6.45, 7) is 10.4. The van der Waals surface area contributed by atoms with Crippen LogP contribution in [0, 0.1) is 20.8 Å². The molecule has 0 unspecified atom stereocenters. The van der Waals surface area contributed by atoms with Crippen LogP contribution in [0.1, 0.15) is 36.1 Å². The lowest BCUT2D eigenvalue weighted by Crippen LogP contribution is -2.34. The Hall–Kier alpha value is -1.02. The predicted octanol–water partition coefficient (Wildman–Crippen LogP) is 2.90. The Kier molecular flexibility index (Phi) is 3.64. The van der Waals surface area contributed by atoms with Crippen molar-refractivity contribution in [1.82, 2.24) is 0 Å². The van der Waals surface area contributed by atoms with E-state index in [1.54, 1.807) is 7.11 Å². The van der Waals surface area contributed by atoms with Gasteiger partial charge in [0, 0.05) is 5.54 Å². The van der Waals surface area contributed by atoms with Crippen LogP contribution in [0.25, 0.3) is 0 Å². The average molecular weight is 221 g/mol. The van der Waals surface area contributed by atoms with E-state index in [0.717, 1.165) is 12.2 Å². The standard InChI is InChI=1S/C14H23NO/c1-9-7-10(2)12(8-14(4,5)15)13(16-6)11(9)3/h7H,8,15H2,1-6H3. The molecule has 2 nitrogen and oxygen atoms in total. The van der Waals surface area contributed by atoms with Crippen LogP contribution in [0.15, 0.2) is 6.07 Å². The minimum Gasteiger partial charge on any atom is -0.496 e. The lowest BCUT2D eigenvalue weighted by Gasteiger charge is -2.23. The molecule has 0 spiro atoms. The third kappa shape index (κ3) is 2.76. The monoisotopic (exact) mass is 221 g/mol. The molecule has 0 fully saturated rings. The van der Waals surface area contributed by atoms with Crippen molar-refractivity contribution in [2.75, 3.05) is 7.11 Å². The minimum absolute atomic E-state index is 0.209. The van der Waals surface area contributed by atoms with E-state index in [0.29, 0.717) is 0 Å². The quantitative estimate of drug-likeness (QED) is 0.851. The van der Waals surface area contributed by atoms with Gasteiger partial charge in [0.15, 0.2) is 0 Å². The predicted molar refractivity (Wildman–Crippen MR) is 69.2 cm³/mol. The molecule has 2 heteroatoms. The maximum atomic E-state index is 6.09. The molecule has 2 N–H and O–H groups in total. The van der Waals surface area contributed by atoms with Crippen molar-refractivity contribution in [3.63, 3.8) is 0 Å². The number of hydrogen-bond donors (Lipinski definition) is 1. The largest absolute Gasteiger partial charge is 0.496 e. The molecule has 0 aliphatic rings. The van der Waals surface area contributed by atoms with Gasteiger partial charge in [-0.3, -0.25) is 0 Å². The van der Waals surface area contributed by atoms with Gasteiger partial charge in [0.1, 0.15) is 5.75 Å². The van der Waals surface area contributed by atoms with Crippen LogP contribution in [0.2, 0.25) is 0 Å². The Labute approximate surface area is 98.8 Å². The zero-order chi connectivity index (χ0) is 12.5. The van der Waals surface area contributed by atoms with Crippen LogP contribution in [0.4, 0.5) is 0 Å². The Bertz CT molecular complexity index is 389. The number of methoxy groups -OCH3 is 1. The summed E-state index contributed by atoms with van der Waals surface area (Å²) < 4.78 is 5.53. The first-order valence-corrected chi connectivity index (χ1v) is 5.69. The van der Waals surface area contributed by atoms with Gasteiger partial charge in [0.25, 0.3) is 0 Å². The number of benzene rings is 1. The van der Waals surface area contributed by atoms with Crippen molar-refractivity contribution in [3.8, 4) is 5.75 Å². The van der Waals surface area contributed by atoms with Crippen molar-refractivity contribution in [2.24, 2.45) is 5.73 Å². The number of nitrogens with two attached hydrogens (primary N) is 1. The van der Waals surface area contributed by atoms with Gasteiger partial charge < -0.3 is 10.5 Å². The highest BCUT2D eigenvalue weighted by molar-refractivity contribution is 5.50. The fourth-order valence-corrected chi connectivity index (χ4v) is 2.06. The third-order valence-corrected chi connectivity index (χ3v) is 2.95. The summed E-state index contributed by atoms with van der Waals surface area (Å²) in [5, 5.41) is 0. The number of ether oxygens (including phenoxy) is 1. The second kappa shape index (κ2) is 4.46. The van der Waals surface area contributed by atoms with Gasteiger partial charge in [0.05, 0.1) is 7.11 Å². The fourth-order valence-electron chi connectivity index (χ4n) is 2.06. The van der Waals surface area contributed by atoms with Crippen molar-refractivity contribution < 1.29 is 4.74 Å². The molecule has 16 heavy (non-hydrogen) atoms. The summed E-state index contributed by atoms with van der Waals surface area (Å²) in [4.78, 5) is 0. The molecule has 0 atom stereocenters. The molecular formula is C14H23NO. The van der Waals surface area contributed by atoms with E-state index in [1.165, 1.54) is 22.3 Å². The summed E-state index contributed by atoms with van der Waals surface area (Å²) in [6, 6.07) is 2.21. The van der Waals surface area contributed by atoms with Crippen LogP contribution in [0.5, 0.6) is 5.75 Å². The van der Waals surface area contributed by atoms with Crippen molar-refractivity contribution in [3.05, 3.63) is 28.3 Å². The maximum absolute atomic E-state index is 6.09. The molecule has 1 aromatic carbocycles. The van der Waals surface area contributed by atoms with Crippen molar-refractivity contribution in [2.45, 2.75) is 46.6 Å². The molecule has 0 aliphatic carbocycles. The highest BCUT2D eigenvalue weighted by Crippen LogP contribution is 2.31.